The highest BCUT2D eigenvalue weighted by Crippen LogP contribution is 2.52. The molecular formula is C56H62BN3O. The molecule has 61 heavy (non-hydrogen) atoms. The molecule has 0 saturated carbocycles. The summed E-state index contributed by atoms with van der Waals surface area (Å²) < 4.78 is 7.21. The van der Waals surface area contributed by atoms with Gasteiger partial charge in [-0.25, -0.2) is 4.98 Å². The first-order valence-electron chi connectivity index (χ1n) is 22.5. The van der Waals surface area contributed by atoms with E-state index in [4.69, 9.17) is 9.40 Å². The van der Waals surface area contributed by atoms with Crippen molar-refractivity contribution in [3.63, 3.8) is 0 Å². The first-order chi connectivity index (χ1) is 28.5. The minimum atomic E-state index is -0.0783. The maximum atomic E-state index is 7.21. The van der Waals surface area contributed by atoms with E-state index >= 15 is 0 Å². The molecule has 2 aromatic heterocycles. The summed E-state index contributed by atoms with van der Waals surface area (Å²) in [4.78, 5) is 10.6. The Hall–Kier alpha value is -5.29. The average molecular weight is 804 g/mol. The molecule has 0 N–H and O–H groups in total. The van der Waals surface area contributed by atoms with Crippen molar-refractivity contribution in [2.24, 2.45) is 0 Å². The van der Waals surface area contributed by atoms with Crippen LogP contribution in [0.3, 0.4) is 0 Å². The van der Waals surface area contributed by atoms with Crippen LogP contribution in [0.15, 0.2) is 101 Å². The predicted molar refractivity (Wildman–Crippen MR) is 262 cm³/mol. The van der Waals surface area contributed by atoms with Gasteiger partial charge >= 0.3 is 0 Å². The van der Waals surface area contributed by atoms with Gasteiger partial charge in [0.1, 0.15) is 11.4 Å². The van der Waals surface area contributed by atoms with Crippen LogP contribution in [0.5, 0.6) is 0 Å². The quantitative estimate of drug-likeness (QED) is 0.163. The van der Waals surface area contributed by atoms with E-state index in [0.29, 0.717) is 0 Å². The Balaban J connectivity index is 1.34. The minimum absolute atomic E-state index is 0.0258. The number of nitrogens with zero attached hydrogens (tertiary/aromatic N) is 3. The summed E-state index contributed by atoms with van der Waals surface area (Å²) in [6.45, 7) is 32.6. The average Bonchev–Trinajstić information content (AvgIpc) is 3.57. The summed E-state index contributed by atoms with van der Waals surface area (Å²) in [5, 5.41) is 2.30. The normalized spacial score (nSPS) is 16.7. The summed E-state index contributed by atoms with van der Waals surface area (Å²) >= 11 is 0. The van der Waals surface area contributed by atoms with Gasteiger partial charge in [0, 0.05) is 44.8 Å². The van der Waals surface area contributed by atoms with Crippen molar-refractivity contribution >= 4 is 79.3 Å². The van der Waals surface area contributed by atoms with E-state index in [1.807, 2.05) is 0 Å². The van der Waals surface area contributed by atoms with Gasteiger partial charge in [0.2, 0.25) is 0 Å². The smallest absolute Gasteiger partial charge is 0.254 e. The molecule has 0 radical (unpaired) electrons. The van der Waals surface area contributed by atoms with Crippen LogP contribution in [0, 0.1) is 6.92 Å². The molecule has 0 bridgehead atoms. The Bertz CT molecular complexity index is 2950. The summed E-state index contributed by atoms with van der Waals surface area (Å²) in [6.07, 6.45) is 2.30. The van der Waals surface area contributed by atoms with Crippen LogP contribution < -0.4 is 26.2 Å². The predicted octanol–water partition coefficient (Wildman–Crippen LogP) is 13.6. The SMILES string of the molecule is Cc1cc2c3c(n1)N(c1ccc(C(C)(C)C)cc1)c1ccc(C(C)(C)C)cc1B3c1cc3c(cc1N2c1cccc2c1oc1c(C(C)(C)C)cccc12)C(C)(C)CCC3(C)C. The molecule has 7 aromatic rings. The fourth-order valence-corrected chi connectivity index (χ4v) is 10.7. The third-order valence-corrected chi connectivity index (χ3v) is 14.4. The topological polar surface area (TPSA) is 32.5 Å². The minimum Gasteiger partial charge on any atom is -0.454 e. The Morgan fingerprint density at radius 2 is 1.15 bits per heavy atom. The van der Waals surface area contributed by atoms with E-state index in [-0.39, 0.29) is 33.8 Å². The zero-order valence-corrected chi connectivity index (χ0v) is 39.0. The van der Waals surface area contributed by atoms with Crippen molar-refractivity contribution in [3.8, 4) is 0 Å². The lowest BCUT2D eigenvalue weighted by molar-refractivity contribution is 0.332. The summed E-state index contributed by atoms with van der Waals surface area (Å²) in [7, 11) is 0. The zero-order valence-electron chi connectivity index (χ0n) is 39.0. The number of hydrogen-bond acceptors (Lipinski definition) is 4. The highest BCUT2D eigenvalue weighted by Gasteiger charge is 2.47. The number of hydrogen-bond donors (Lipinski definition) is 0. The van der Waals surface area contributed by atoms with Gasteiger partial charge in [-0.2, -0.15) is 0 Å². The van der Waals surface area contributed by atoms with E-state index in [1.54, 1.807) is 0 Å². The molecule has 0 saturated heterocycles. The van der Waals surface area contributed by atoms with Crippen LogP contribution >= 0.6 is 0 Å². The molecule has 0 unspecified atom stereocenters. The monoisotopic (exact) mass is 803 g/mol. The van der Waals surface area contributed by atoms with Gasteiger partial charge in [-0.15, -0.1) is 0 Å². The molecule has 0 amide bonds. The first-order valence-corrected chi connectivity index (χ1v) is 22.5. The number of pyridine rings is 1. The second-order valence-corrected chi connectivity index (χ2v) is 22.9. The summed E-state index contributed by atoms with van der Waals surface area (Å²) in [6, 6.07) is 37.4. The van der Waals surface area contributed by atoms with E-state index in [2.05, 4.69) is 204 Å². The van der Waals surface area contributed by atoms with Crippen LogP contribution in [0.1, 0.15) is 136 Å². The Kier molecular flexibility index (Phi) is 8.41. The van der Waals surface area contributed by atoms with E-state index in [0.717, 1.165) is 57.7 Å². The molecule has 0 fully saturated rings. The Labute approximate surface area is 364 Å². The molecule has 3 aliphatic rings. The fourth-order valence-electron chi connectivity index (χ4n) is 10.7. The van der Waals surface area contributed by atoms with Gasteiger partial charge in [-0.05, 0) is 122 Å². The molecule has 1 aliphatic carbocycles. The number of aromatic nitrogens is 1. The fraction of sp³-hybridized carbons (Fsp3) is 0.375. The van der Waals surface area contributed by atoms with Crippen molar-refractivity contribution in [3.05, 3.63) is 131 Å². The van der Waals surface area contributed by atoms with Crippen molar-refractivity contribution in [2.45, 2.75) is 137 Å². The maximum absolute atomic E-state index is 7.21. The van der Waals surface area contributed by atoms with E-state index in [9.17, 15) is 0 Å². The van der Waals surface area contributed by atoms with Gasteiger partial charge in [0.15, 0.2) is 5.58 Å². The second kappa shape index (κ2) is 12.9. The van der Waals surface area contributed by atoms with Crippen LogP contribution in [-0.4, -0.2) is 11.7 Å². The molecule has 5 heteroatoms. The molecule has 10 rings (SSSR count). The lowest BCUT2D eigenvalue weighted by atomic mass is 9.33. The molecule has 4 nitrogen and oxygen atoms in total. The molecule has 2 aliphatic heterocycles. The first kappa shape index (κ1) is 39.8. The molecule has 310 valence electrons. The Morgan fingerprint density at radius 3 is 1.79 bits per heavy atom. The van der Waals surface area contributed by atoms with Crippen LogP contribution in [0.2, 0.25) is 0 Å². The van der Waals surface area contributed by atoms with Gasteiger partial charge in [-0.3, -0.25) is 4.90 Å². The molecule has 0 spiro atoms. The van der Waals surface area contributed by atoms with Gasteiger partial charge in [-0.1, -0.05) is 151 Å². The van der Waals surface area contributed by atoms with E-state index in [1.165, 1.54) is 61.3 Å². The standard InChI is InChI=1S/C56H62BN3O/c1-33-29-47-48-51(58-33)59(36-24-21-34(22-25-36)52(2,3)4)44-26-23-35(53(5,6)7)30-42(44)57(48)43-31-40-41(56(13,14)28-27-55(40,11)12)32-46(43)60(47)45-20-16-18-38-37-17-15-19-39(54(8,9)10)49(37)61-50(38)45/h15-26,29-32H,27-28H2,1-14H3. The number of benzene rings is 5. The van der Waals surface area contributed by atoms with Crippen LogP contribution in [-0.2, 0) is 27.1 Å². The Morgan fingerprint density at radius 1 is 0.557 bits per heavy atom. The van der Waals surface area contributed by atoms with Crippen molar-refractivity contribution in [2.75, 3.05) is 9.80 Å². The van der Waals surface area contributed by atoms with Gasteiger partial charge < -0.3 is 9.32 Å². The third-order valence-electron chi connectivity index (χ3n) is 14.4. The highest BCUT2D eigenvalue weighted by molar-refractivity contribution is 7.00. The molecule has 4 heterocycles. The van der Waals surface area contributed by atoms with Crippen LogP contribution in [0.4, 0.5) is 34.3 Å². The second-order valence-electron chi connectivity index (χ2n) is 22.9. The highest BCUT2D eigenvalue weighted by atomic mass is 16.3. The number of fused-ring (bicyclic) bond motifs is 8. The van der Waals surface area contributed by atoms with Crippen LogP contribution in [0.25, 0.3) is 21.9 Å². The molecule has 0 atom stereocenters. The summed E-state index contributed by atoms with van der Waals surface area (Å²) in [5.41, 5.74) is 19.4. The summed E-state index contributed by atoms with van der Waals surface area (Å²) in [5.74, 6) is 0.999. The number of rotatable bonds is 2. The maximum Gasteiger partial charge on any atom is 0.254 e. The number of furan rings is 1. The van der Waals surface area contributed by atoms with E-state index < -0.39 is 0 Å². The van der Waals surface area contributed by atoms with Crippen molar-refractivity contribution < 1.29 is 4.42 Å². The largest absolute Gasteiger partial charge is 0.454 e. The number of para-hydroxylation sites is 2. The third kappa shape index (κ3) is 6.04. The lowest BCUT2D eigenvalue weighted by Gasteiger charge is -2.47. The lowest BCUT2D eigenvalue weighted by Crippen LogP contribution is -2.62. The zero-order chi connectivity index (χ0) is 43.3. The number of aryl methyl sites for hydroxylation is 1. The van der Waals surface area contributed by atoms with Gasteiger partial charge in [0.25, 0.3) is 6.71 Å². The van der Waals surface area contributed by atoms with Crippen molar-refractivity contribution in [1.29, 1.82) is 0 Å². The molecule has 5 aromatic carbocycles. The molecular weight excluding hydrogens is 741 g/mol. The number of anilines is 6. The van der Waals surface area contributed by atoms with Gasteiger partial charge in [0.05, 0.1) is 5.69 Å². The van der Waals surface area contributed by atoms with Crippen molar-refractivity contribution in [1.82, 2.24) is 4.98 Å².